The van der Waals surface area contributed by atoms with Gasteiger partial charge in [-0.25, -0.2) is 0 Å². The zero-order chi connectivity index (χ0) is 9.80. The van der Waals surface area contributed by atoms with Crippen molar-refractivity contribution in [3.8, 4) is 0 Å². The van der Waals surface area contributed by atoms with Crippen molar-refractivity contribution >= 4 is 0 Å². The summed E-state index contributed by atoms with van der Waals surface area (Å²) in [7, 11) is 0. The topological polar surface area (TPSA) is 29.5 Å². The van der Waals surface area contributed by atoms with Crippen LogP contribution in [-0.4, -0.2) is 24.4 Å². The van der Waals surface area contributed by atoms with Crippen LogP contribution < -0.4 is 0 Å². The standard InChI is InChI=1S/C12H22O2/c13-12(9-14-8-10-6-7-10)11-4-2-1-3-5-11/h10-13H,1-9H2. The zero-order valence-electron chi connectivity index (χ0n) is 8.95. The molecule has 2 nitrogen and oxygen atoms in total. The summed E-state index contributed by atoms with van der Waals surface area (Å²) in [5.74, 6) is 1.33. The average molecular weight is 198 g/mol. The molecule has 1 atom stereocenters. The number of ether oxygens (including phenoxy) is 1. The monoisotopic (exact) mass is 198 g/mol. The second kappa shape index (κ2) is 5.13. The van der Waals surface area contributed by atoms with E-state index in [0.29, 0.717) is 12.5 Å². The van der Waals surface area contributed by atoms with Gasteiger partial charge >= 0.3 is 0 Å². The highest BCUT2D eigenvalue weighted by Crippen LogP contribution is 2.30. The third-order valence-electron chi connectivity index (χ3n) is 3.53. The van der Waals surface area contributed by atoms with Crippen LogP contribution in [0.3, 0.4) is 0 Å². The number of rotatable bonds is 5. The Balaban J connectivity index is 1.57. The quantitative estimate of drug-likeness (QED) is 0.735. The molecule has 82 valence electrons. The number of hydrogen-bond donors (Lipinski definition) is 1. The molecule has 0 saturated heterocycles. The molecular formula is C12H22O2. The second-order valence-corrected chi connectivity index (χ2v) is 4.95. The maximum absolute atomic E-state index is 9.88. The van der Waals surface area contributed by atoms with Gasteiger partial charge in [-0.3, -0.25) is 0 Å². The fraction of sp³-hybridized carbons (Fsp3) is 1.00. The molecule has 2 rings (SSSR count). The number of hydrogen-bond acceptors (Lipinski definition) is 2. The summed E-state index contributed by atoms with van der Waals surface area (Å²) in [4.78, 5) is 0. The van der Waals surface area contributed by atoms with Crippen LogP contribution in [0.15, 0.2) is 0 Å². The van der Waals surface area contributed by atoms with Crippen LogP contribution in [0.1, 0.15) is 44.9 Å². The van der Waals surface area contributed by atoms with E-state index in [1.54, 1.807) is 0 Å². The first-order valence-corrected chi connectivity index (χ1v) is 6.12. The third kappa shape index (κ3) is 3.25. The molecule has 0 spiro atoms. The molecule has 2 aliphatic carbocycles. The van der Waals surface area contributed by atoms with E-state index in [1.807, 2.05) is 0 Å². The normalized spacial score (nSPS) is 26.4. The van der Waals surface area contributed by atoms with Gasteiger partial charge in [-0.05, 0) is 37.5 Å². The van der Waals surface area contributed by atoms with Gasteiger partial charge in [0.15, 0.2) is 0 Å². The Morgan fingerprint density at radius 1 is 1.07 bits per heavy atom. The van der Waals surface area contributed by atoms with E-state index in [1.165, 1.54) is 44.9 Å². The highest BCUT2D eigenvalue weighted by Gasteiger charge is 2.24. The summed E-state index contributed by atoms with van der Waals surface area (Å²) >= 11 is 0. The van der Waals surface area contributed by atoms with Crippen molar-refractivity contribution in [2.75, 3.05) is 13.2 Å². The predicted molar refractivity (Wildman–Crippen MR) is 56.1 cm³/mol. The fourth-order valence-electron chi connectivity index (χ4n) is 2.29. The molecule has 2 fully saturated rings. The zero-order valence-corrected chi connectivity index (χ0v) is 8.95. The molecule has 2 saturated carbocycles. The molecule has 14 heavy (non-hydrogen) atoms. The first kappa shape index (κ1) is 10.4. The minimum Gasteiger partial charge on any atom is -0.390 e. The van der Waals surface area contributed by atoms with Crippen LogP contribution in [0.5, 0.6) is 0 Å². The Bertz CT molecular complexity index is 160. The Morgan fingerprint density at radius 2 is 1.79 bits per heavy atom. The molecular weight excluding hydrogens is 176 g/mol. The molecule has 0 aromatic rings. The van der Waals surface area contributed by atoms with Gasteiger partial charge in [0, 0.05) is 6.61 Å². The van der Waals surface area contributed by atoms with Crippen molar-refractivity contribution in [3.05, 3.63) is 0 Å². The summed E-state index contributed by atoms with van der Waals surface area (Å²) < 4.78 is 5.52. The highest BCUT2D eigenvalue weighted by molar-refractivity contribution is 4.75. The van der Waals surface area contributed by atoms with Crippen LogP contribution in [0, 0.1) is 11.8 Å². The first-order valence-electron chi connectivity index (χ1n) is 6.12. The number of aliphatic hydroxyl groups excluding tert-OH is 1. The van der Waals surface area contributed by atoms with Crippen LogP contribution in [0.25, 0.3) is 0 Å². The van der Waals surface area contributed by atoms with Gasteiger partial charge < -0.3 is 9.84 Å². The second-order valence-electron chi connectivity index (χ2n) is 4.95. The van der Waals surface area contributed by atoms with Crippen molar-refractivity contribution in [2.45, 2.75) is 51.0 Å². The highest BCUT2D eigenvalue weighted by atomic mass is 16.5. The predicted octanol–water partition coefficient (Wildman–Crippen LogP) is 2.35. The van der Waals surface area contributed by atoms with E-state index in [9.17, 15) is 5.11 Å². The molecule has 0 aromatic carbocycles. The van der Waals surface area contributed by atoms with E-state index in [2.05, 4.69) is 0 Å². The average Bonchev–Trinajstić information content (AvgIpc) is 3.03. The molecule has 0 heterocycles. The molecule has 2 aliphatic rings. The lowest BCUT2D eigenvalue weighted by molar-refractivity contribution is -0.00775. The van der Waals surface area contributed by atoms with E-state index in [0.717, 1.165) is 12.5 Å². The van der Waals surface area contributed by atoms with Crippen molar-refractivity contribution in [3.63, 3.8) is 0 Å². The van der Waals surface area contributed by atoms with Crippen LogP contribution in [-0.2, 0) is 4.74 Å². The Kier molecular flexibility index (Phi) is 3.82. The molecule has 0 radical (unpaired) electrons. The third-order valence-corrected chi connectivity index (χ3v) is 3.53. The van der Waals surface area contributed by atoms with Gasteiger partial charge in [0.05, 0.1) is 12.7 Å². The maximum Gasteiger partial charge on any atom is 0.0801 e. The van der Waals surface area contributed by atoms with Crippen molar-refractivity contribution in [2.24, 2.45) is 11.8 Å². The van der Waals surface area contributed by atoms with Crippen molar-refractivity contribution < 1.29 is 9.84 Å². The van der Waals surface area contributed by atoms with E-state index in [4.69, 9.17) is 4.74 Å². The van der Waals surface area contributed by atoms with Gasteiger partial charge in [-0.2, -0.15) is 0 Å². The SMILES string of the molecule is OC(COCC1CC1)C1CCCCC1. The molecule has 1 N–H and O–H groups in total. The lowest BCUT2D eigenvalue weighted by Gasteiger charge is -2.26. The fourth-order valence-corrected chi connectivity index (χ4v) is 2.29. The van der Waals surface area contributed by atoms with Gasteiger partial charge in [-0.1, -0.05) is 19.3 Å². The Hall–Kier alpha value is -0.0800. The van der Waals surface area contributed by atoms with E-state index >= 15 is 0 Å². The first-order chi connectivity index (χ1) is 6.86. The van der Waals surface area contributed by atoms with Gasteiger partial charge in [0.1, 0.15) is 0 Å². The largest absolute Gasteiger partial charge is 0.390 e. The van der Waals surface area contributed by atoms with Crippen molar-refractivity contribution in [1.29, 1.82) is 0 Å². The minimum atomic E-state index is -0.200. The molecule has 0 amide bonds. The van der Waals surface area contributed by atoms with Crippen LogP contribution in [0.2, 0.25) is 0 Å². The lowest BCUT2D eigenvalue weighted by Crippen LogP contribution is -2.27. The molecule has 2 heteroatoms. The molecule has 0 aliphatic heterocycles. The summed E-state index contributed by atoms with van der Waals surface area (Å²) in [6, 6.07) is 0. The summed E-state index contributed by atoms with van der Waals surface area (Å²) in [5.41, 5.74) is 0. The van der Waals surface area contributed by atoms with Gasteiger partial charge in [0.2, 0.25) is 0 Å². The van der Waals surface area contributed by atoms with Crippen LogP contribution >= 0.6 is 0 Å². The summed E-state index contributed by atoms with van der Waals surface area (Å²) in [6.45, 7) is 1.45. The lowest BCUT2D eigenvalue weighted by atomic mass is 9.85. The number of aliphatic hydroxyl groups is 1. The molecule has 1 unspecified atom stereocenters. The Morgan fingerprint density at radius 3 is 2.43 bits per heavy atom. The van der Waals surface area contributed by atoms with E-state index in [-0.39, 0.29) is 6.10 Å². The molecule has 0 aromatic heterocycles. The van der Waals surface area contributed by atoms with Crippen LogP contribution in [0.4, 0.5) is 0 Å². The van der Waals surface area contributed by atoms with E-state index < -0.39 is 0 Å². The summed E-state index contributed by atoms with van der Waals surface area (Å²) in [6.07, 6.45) is 8.82. The van der Waals surface area contributed by atoms with Gasteiger partial charge in [-0.15, -0.1) is 0 Å². The maximum atomic E-state index is 9.88. The smallest absolute Gasteiger partial charge is 0.0801 e. The van der Waals surface area contributed by atoms with Gasteiger partial charge in [0.25, 0.3) is 0 Å². The Labute approximate surface area is 86.6 Å². The minimum absolute atomic E-state index is 0.200. The summed E-state index contributed by atoms with van der Waals surface area (Å²) in [5, 5.41) is 9.88. The van der Waals surface area contributed by atoms with Crippen molar-refractivity contribution in [1.82, 2.24) is 0 Å². The molecule has 0 bridgehead atoms.